The second kappa shape index (κ2) is 11.5. The van der Waals surface area contributed by atoms with Gasteiger partial charge in [-0.05, 0) is 38.1 Å². The molecule has 0 saturated heterocycles. The van der Waals surface area contributed by atoms with E-state index in [1.807, 2.05) is 30.0 Å². The first-order valence-corrected chi connectivity index (χ1v) is 11.9. The minimum absolute atomic E-state index is 0.525. The fourth-order valence-electron chi connectivity index (χ4n) is 3.95. The molecule has 160 valence electrons. The standard InChI is InChI=1S/C22H35N5OS/c1-4-26(5-2)14-15-29-22-25-24-21(27(22)19-11-7-6-8-12-19)17-23-18-10-9-13-20(16-18)28-3/h9-10,13,16,19,23H,4-8,11-12,14-15,17H2,1-3H3. The molecule has 1 aromatic carbocycles. The number of thioether (sulfide) groups is 1. The van der Waals surface area contributed by atoms with Crippen LogP contribution in [-0.2, 0) is 6.54 Å². The topological polar surface area (TPSA) is 55.2 Å². The lowest BCUT2D eigenvalue weighted by molar-refractivity contribution is 0.322. The van der Waals surface area contributed by atoms with Gasteiger partial charge in [-0.15, -0.1) is 10.2 Å². The van der Waals surface area contributed by atoms with Gasteiger partial charge in [0.25, 0.3) is 0 Å². The van der Waals surface area contributed by atoms with Crippen molar-refractivity contribution in [2.45, 2.75) is 63.7 Å². The van der Waals surface area contributed by atoms with E-state index in [-0.39, 0.29) is 0 Å². The van der Waals surface area contributed by atoms with Gasteiger partial charge in [-0.2, -0.15) is 0 Å². The summed E-state index contributed by atoms with van der Waals surface area (Å²) in [6, 6.07) is 8.56. The molecule has 1 aromatic heterocycles. The van der Waals surface area contributed by atoms with E-state index in [9.17, 15) is 0 Å². The third-order valence-electron chi connectivity index (χ3n) is 5.73. The van der Waals surface area contributed by atoms with Crippen LogP contribution >= 0.6 is 11.8 Å². The van der Waals surface area contributed by atoms with Crippen LogP contribution in [0.5, 0.6) is 5.75 Å². The molecule has 7 heteroatoms. The molecule has 1 fully saturated rings. The third-order valence-corrected chi connectivity index (χ3v) is 6.65. The van der Waals surface area contributed by atoms with Crippen molar-refractivity contribution in [2.24, 2.45) is 0 Å². The Bertz CT molecular complexity index is 741. The minimum Gasteiger partial charge on any atom is -0.497 e. The highest BCUT2D eigenvalue weighted by molar-refractivity contribution is 7.99. The van der Waals surface area contributed by atoms with Crippen LogP contribution in [0.15, 0.2) is 29.4 Å². The second-order valence-electron chi connectivity index (χ2n) is 7.52. The number of anilines is 1. The molecule has 0 amide bonds. The van der Waals surface area contributed by atoms with Crippen LogP contribution in [0, 0.1) is 0 Å². The minimum atomic E-state index is 0.525. The van der Waals surface area contributed by atoms with Gasteiger partial charge in [0.2, 0.25) is 0 Å². The van der Waals surface area contributed by atoms with E-state index in [0.717, 1.165) is 47.8 Å². The molecule has 29 heavy (non-hydrogen) atoms. The highest BCUT2D eigenvalue weighted by Crippen LogP contribution is 2.33. The number of aromatic nitrogens is 3. The summed E-state index contributed by atoms with van der Waals surface area (Å²) < 4.78 is 7.75. The summed E-state index contributed by atoms with van der Waals surface area (Å²) in [5, 5.41) is 13.7. The molecule has 0 unspecified atom stereocenters. The quantitative estimate of drug-likeness (QED) is 0.528. The molecule has 0 atom stereocenters. The number of rotatable bonds is 11. The predicted octanol–water partition coefficient (Wildman–Crippen LogP) is 4.84. The summed E-state index contributed by atoms with van der Waals surface area (Å²) in [7, 11) is 1.69. The molecule has 0 bridgehead atoms. The monoisotopic (exact) mass is 417 g/mol. The molecule has 3 rings (SSSR count). The average molecular weight is 418 g/mol. The Morgan fingerprint density at radius 3 is 2.69 bits per heavy atom. The first-order valence-electron chi connectivity index (χ1n) is 10.9. The van der Waals surface area contributed by atoms with E-state index in [1.165, 1.54) is 32.1 Å². The van der Waals surface area contributed by atoms with Gasteiger partial charge in [0.15, 0.2) is 11.0 Å². The van der Waals surface area contributed by atoms with E-state index in [0.29, 0.717) is 12.6 Å². The Kier molecular flexibility index (Phi) is 8.68. The number of nitrogens with zero attached hydrogens (tertiary/aromatic N) is 4. The molecule has 1 aliphatic carbocycles. The van der Waals surface area contributed by atoms with Crippen LogP contribution in [0.4, 0.5) is 5.69 Å². The van der Waals surface area contributed by atoms with Gasteiger partial charge in [-0.1, -0.05) is 50.9 Å². The highest BCUT2D eigenvalue weighted by atomic mass is 32.2. The summed E-state index contributed by atoms with van der Waals surface area (Å²) >= 11 is 1.85. The summed E-state index contributed by atoms with van der Waals surface area (Å²) in [4.78, 5) is 2.46. The Morgan fingerprint density at radius 2 is 1.97 bits per heavy atom. The van der Waals surface area contributed by atoms with Crippen LogP contribution in [-0.4, -0.2) is 52.2 Å². The van der Waals surface area contributed by atoms with E-state index in [1.54, 1.807) is 7.11 Å². The molecule has 0 spiro atoms. The molecule has 0 aliphatic heterocycles. The Labute approximate surface area is 179 Å². The molecule has 6 nitrogen and oxygen atoms in total. The van der Waals surface area contributed by atoms with Crippen molar-refractivity contribution >= 4 is 17.4 Å². The van der Waals surface area contributed by atoms with Crippen LogP contribution < -0.4 is 10.1 Å². The fraction of sp³-hybridized carbons (Fsp3) is 0.636. The maximum Gasteiger partial charge on any atom is 0.191 e. The van der Waals surface area contributed by atoms with Gasteiger partial charge in [0.1, 0.15) is 5.75 Å². The van der Waals surface area contributed by atoms with Crippen molar-refractivity contribution in [3.05, 3.63) is 30.1 Å². The zero-order valence-corrected chi connectivity index (χ0v) is 18.9. The summed E-state index contributed by atoms with van der Waals surface area (Å²) in [5.74, 6) is 2.94. The smallest absolute Gasteiger partial charge is 0.191 e. The zero-order valence-electron chi connectivity index (χ0n) is 18.1. The Balaban J connectivity index is 1.70. The van der Waals surface area contributed by atoms with Crippen LogP contribution in [0.25, 0.3) is 0 Å². The first-order chi connectivity index (χ1) is 14.2. The van der Waals surface area contributed by atoms with Crippen LogP contribution in [0.2, 0.25) is 0 Å². The molecular weight excluding hydrogens is 382 g/mol. The lowest BCUT2D eigenvalue weighted by atomic mass is 9.95. The molecule has 1 heterocycles. The molecule has 2 aromatic rings. The lowest BCUT2D eigenvalue weighted by Crippen LogP contribution is -2.25. The molecule has 1 saturated carbocycles. The van der Waals surface area contributed by atoms with E-state index >= 15 is 0 Å². The second-order valence-corrected chi connectivity index (χ2v) is 8.58. The van der Waals surface area contributed by atoms with Gasteiger partial charge >= 0.3 is 0 Å². The normalized spacial score (nSPS) is 15.0. The Morgan fingerprint density at radius 1 is 1.17 bits per heavy atom. The van der Waals surface area contributed by atoms with Gasteiger partial charge in [-0.3, -0.25) is 0 Å². The largest absolute Gasteiger partial charge is 0.497 e. The summed E-state index contributed by atoms with van der Waals surface area (Å²) in [6.07, 6.45) is 6.41. The molecule has 1 N–H and O–H groups in total. The number of hydrogen-bond acceptors (Lipinski definition) is 6. The maximum atomic E-state index is 5.33. The number of nitrogens with one attached hydrogen (secondary N) is 1. The van der Waals surface area contributed by atoms with Gasteiger partial charge in [0, 0.05) is 30.1 Å². The third kappa shape index (κ3) is 6.12. The molecule has 1 aliphatic rings. The maximum absolute atomic E-state index is 5.33. The van der Waals surface area contributed by atoms with Crippen molar-refractivity contribution in [2.75, 3.05) is 37.8 Å². The number of benzene rings is 1. The van der Waals surface area contributed by atoms with Crippen molar-refractivity contribution in [3.8, 4) is 5.75 Å². The number of ether oxygens (including phenoxy) is 1. The lowest BCUT2D eigenvalue weighted by Gasteiger charge is -2.26. The van der Waals surface area contributed by atoms with Crippen LogP contribution in [0.3, 0.4) is 0 Å². The van der Waals surface area contributed by atoms with Gasteiger partial charge in [-0.25, -0.2) is 0 Å². The number of hydrogen-bond donors (Lipinski definition) is 1. The van der Waals surface area contributed by atoms with Crippen LogP contribution in [0.1, 0.15) is 57.8 Å². The zero-order chi connectivity index (χ0) is 20.5. The SMILES string of the molecule is CCN(CC)CCSc1nnc(CNc2cccc(OC)c2)n1C1CCCCC1. The summed E-state index contributed by atoms with van der Waals surface area (Å²) in [5.41, 5.74) is 1.04. The van der Waals surface area contributed by atoms with Crippen molar-refractivity contribution in [1.82, 2.24) is 19.7 Å². The summed E-state index contributed by atoms with van der Waals surface area (Å²) in [6.45, 7) is 8.41. The van der Waals surface area contributed by atoms with Gasteiger partial charge in [0.05, 0.1) is 13.7 Å². The highest BCUT2D eigenvalue weighted by Gasteiger charge is 2.23. The molecule has 0 radical (unpaired) electrons. The van der Waals surface area contributed by atoms with Crippen molar-refractivity contribution in [3.63, 3.8) is 0 Å². The van der Waals surface area contributed by atoms with Crippen molar-refractivity contribution in [1.29, 1.82) is 0 Å². The number of methoxy groups -OCH3 is 1. The fourth-order valence-corrected chi connectivity index (χ4v) is 4.98. The Hall–Kier alpha value is -1.73. The van der Waals surface area contributed by atoms with E-state index in [2.05, 4.69) is 44.9 Å². The van der Waals surface area contributed by atoms with E-state index in [4.69, 9.17) is 4.74 Å². The predicted molar refractivity (Wildman–Crippen MR) is 121 cm³/mol. The first kappa shape index (κ1) is 22.0. The van der Waals surface area contributed by atoms with Gasteiger partial charge < -0.3 is 19.5 Å². The van der Waals surface area contributed by atoms with E-state index < -0.39 is 0 Å². The molecular formula is C22H35N5OS. The average Bonchev–Trinajstić information content (AvgIpc) is 3.18. The van der Waals surface area contributed by atoms with Crippen molar-refractivity contribution < 1.29 is 4.74 Å².